The summed E-state index contributed by atoms with van der Waals surface area (Å²) in [6.07, 6.45) is 7.00. The number of aromatic amines is 1. The van der Waals surface area contributed by atoms with E-state index in [1.807, 2.05) is 6.07 Å². The average Bonchev–Trinajstić information content (AvgIpc) is 3.39. The molecule has 2 aromatic heterocycles. The van der Waals surface area contributed by atoms with Crippen LogP contribution in [0.2, 0.25) is 0 Å². The fourth-order valence-electron chi connectivity index (χ4n) is 5.17. The Bertz CT molecular complexity index is 935. The number of benzene rings is 1. The maximum atomic E-state index is 6.07. The molecule has 0 amide bonds. The van der Waals surface area contributed by atoms with Crippen LogP contribution in [0.5, 0.6) is 0 Å². The van der Waals surface area contributed by atoms with Crippen LogP contribution in [0, 0.1) is 5.92 Å². The summed E-state index contributed by atoms with van der Waals surface area (Å²) in [5, 5.41) is 1.27. The fraction of sp³-hybridized carbons (Fsp3) is 0.550. The minimum Gasteiger partial charge on any atom is -0.438 e. The lowest BCUT2D eigenvalue weighted by Gasteiger charge is -2.44. The number of hydrogen-bond acceptors (Lipinski definition) is 4. The van der Waals surface area contributed by atoms with Crippen molar-refractivity contribution < 1.29 is 9.15 Å². The lowest BCUT2D eigenvalue weighted by atomic mass is 9.75. The first-order valence-corrected chi connectivity index (χ1v) is 9.61. The highest BCUT2D eigenvalue weighted by Gasteiger charge is 2.36. The van der Waals surface area contributed by atoms with E-state index in [0.717, 1.165) is 42.4 Å². The molecule has 2 bridgehead atoms. The predicted octanol–water partition coefficient (Wildman–Crippen LogP) is 4.39. The first kappa shape index (κ1) is 16.6. The van der Waals surface area contributed by atoms with E-state index in [1.165, 1.54) is 48.9 Å². The van der Waals surface area contributed by atoms with Gasteiger partial charge in [-0.2, -0.15) is 0 Å². The summed E-state index contributed by atoms with van der Waals surface area (Å²) in [6, 6.07) is 4.17. The SMILES string of the molecule is Cl.c1[nH]c2ccc3oc(C4CCCO4)nc3c2c1C1CN2CCC1CC2. The lowest BCUT2D eigenvalue weighted by molar-refractivity contribution is 0.0877. The van der Waals surface area contributed by atoms with Crippen LogP contribution in [-0.2, 0) is 4.74 Å². The summed E-state index contributed by atoms with van der Waals surface area (Å²) in [5.74, 6) is 2.18. The molecule has 2 atom stereocenters. The van der Waals surface area contributed by atoms with Crippen molar-refractivity contribution in [3.8, 4) is 0 Å². The zero-order chi connectivity index (χ0) is 16.4. The Hall–Kier alpha value is -1.56. The van der Waals surface area contributed by atoms with Crippen LogP contribution in [0.15, 0.2) is 22.7 Å². The first-order chi connectivity index (χ1) is 12.4. The molecule has 138 valence electrons. The van der Waals surface area contributed by atoms with Crippen molar-refractivity contribution in [1.82, 2.24) is 14.9 Å². The first-order valence-electron chi connectivity index (χ1n) is 9.61. The Morgan fingerprint density at radius 3 is 2.77 bits per heavy atom. The maximum absolute atomic E-state index is 6.07. The summed E-state index contributed by atoms with van der Waals surface area (Å²) in [6.45, 7) is 4.54. The van der Waals surface area contributed by atoms with Gasteiger partial charge in [-0.1, -0.05) is 0 Å². The molecule has 4 aliphatic rings. The maximum Gasteiger partial charge on any atom is 0.224 e. The molecule has 5 nitrogen and oxygen atoms in total. The number of ether oxygens (including phenoxy) is 1. The summed E-state index contributed by atoms with van der Waals surface area (Å²) in [5.41, 5.74) is 4.50. The number of H-pyrrole nitrogens is 1. The third-order valence-corrected chi connectivity index (χ3v) is 6.51. The van der Waals surface area contributed by atoms with Gasteiger partial charge in [-0.15, -0.1) is 12.4 Å². The van der Waals surface area contributed by atoms with E-state index >= 15 is 0 Å². The van der Waals surface area contributed by atoms with Crippen LogP contribution in [0.1, 0.15) is 49.2 Å². The summed E-state index contributed by atoms with van der Waals surface area (Å²) >= 11 is 0. The summed E-state index contributed by atoms with van der Waals surface area (Å²) in [7, 11) is 0. The monoisotopic (exact) mass is 373 g/mol. The molecule has 0 saturated carbocycles. The molecule has 0 spiro atoms. The average molecular weight is 374 g/mol. The van der Waals surface area contributed by atoms with Gasteiger partial charge in [-0.05, 0) is 62.4 Å². The van der Waals surface area contributed by atoms with Gasteiger partial charge in [-0.25, -0.2) is 4.98 Å². The van der Waals surface area contributed by atoms with Gasteiger partial charge in [0.15, 0.2) is 5.58 Å². The summed E-state index contributed by atoms with van der Waals surface area (Å²) in [4.78, 5) is 11.0. The van der Waals surface area contributed by atoms with Crippen LogP contribution < -0.4 is 0 Å². The second-order valence-electron chi connectivity index (χ2n) is 7.88. The molecule has 6 heteroatoms. The number of aromatic nitrogens is 2. The standard InChI is InChI=1S/C20H23N3O2.ClH/c1-2-17(24-9-1)20-22-19-16(25-20)4-3-15-18(19)13(10-21-15)14-11-23-7-5-12(14)6-8-23;/h3-4,10,12,14,17,21H,1-2,5-9,11H2;1H. The van der Waals surface area contributed by atoms with Crippen LogP contribution in [0.3, 0.4) is 0 Å². The van der Waals surface area contributed by atoms with Gasteiger partial charge in [0.2, 0.25) is 5.89 Å². The number of piperidine rings is 3. The zero-order valence-corrected chi connectivity index (χ0v) is 15.6. The highest BCUT2D eigenvalue weighted by molar-refractivity contribution is 6.04. The third kappa shape index (κ3) is 2.41. The molecular weight excluding hydrogens is 350 g/mol. The minimum atomic E-state index is 0. The molecule has 0 radical (unpaired) electrons. The summed E-state index contributed by atoms with van der Waals surface area (Å²) < 4.78 is 11.9. The van der Waals surface area contributed by atoms with Crippen molar-refractivity contribution in [2.45, 2.75) is 37.7 Å². The van der Waals surface area contributed by atoms with E-state index in [-0.39, 0.29) is 18.5 Å². The van der Waals surface area contributed by atoms with Crippen LogP contribution in [0.25, 0.3) is 22.0 Å². The van der Waals surface area contributed by atoms with Crippen LogP contribution in [-0.4, -0.2) is 41.1 Å². The number of nitrogens with one attached hydrogen (secondary N) is 1. The molecule has 0 aliphatic carbocycles. The van der Waals surface area contributed by atoms with Gasteiger partial charge in [0, 0.05) is 36.2 Å². The second-order valence-corrected chi connectivity index (χ2v) is 7.88. The van der Waals surface area contributed by atoms with Crippen molar-refractivity contribution in [2.75, 3.05) is 26.2 Å². The van der Waals surface area contributed by atoms with Crippen molar-refractivity contribution in [1.29, 1.82) is 0 Å². The smallest absolute Gasteiger partial charge is 0.224 e. The molecule has 7 rings (SSSR count). The topological polar surface area (TPSA) is 54.3 Å². The molecule has 2 unspecified atom stereocenters. The van der Waals surface area contributed by atoms with Gasteiger partial charge in [0.25, 0.3) is 0 Å². The highest BCUT2D eigenvalue weighted by atomic mass is 35.5. The fourth-order valence-corrected chi connectivity index (χ4v) is 5.17. The predicted molar refractivity (Wildman–Crippen MR) is 103 cm³/mol. The molecule has 26 heavy (non-hydrogen) atoms. The number of fused-ring (bicyclic) bond motifs is 6. The Morgan fingerprint density at radius 2 is 2.04 bits per heavy atom. The number of rotatable bonds is 2. The Kier molecular flexibility index (Phi) is 3.99. The Labute approximate surface area is 158 Å². The van der Waals surface area contributed by atoms with Crippen LogP contribution in [0.4, 0.5) is 0 Å². The molecule has 1 N–H and O–H groups in total. The van der Waals surface area contributed by atoms with E-state index in [4.69, 9.17) is 14.1 Å². The zero-order valence-electron chi connectivity index (χ0n) is 14.7. The minimum absolute atomic E-state index is 0. The molecule has 4 fully saturated rings. The Morgan fingerprint density at radius 1 is 1.15 bits per heavy atom. The van der Waals surface area contributed by atoms with Crippen molar-refractivity contribution in [2.24, 2.45) is 5.92 Å². The molecule has 4 saturated heterocycles. The van der Waals surface area contributed by atoms with E-state index in [0.29, 0.717) is 5.92 Å². The van der Waals surface area contributed by atoms with Crippen molar-refractivity contribution in [3.63, 3.8) is 0 Å². The van der Waals surface area contributed by atoms with Crippen molar-refractivity contribution in [3.05, 3.63) is 29.8 Å². The quantitative estimate of drug-likeness (QED) is 0.723. The molecule has 3 aromatic rings. The normalized spacial score (nSPS) is 30.9. The number of oxazole rings is 1. The van der Waals surface area contributed by atoms with E-state index in [9.17, 15) is 0 Å². The van der Waals surface area contributed by atoms with E-state index in [2.05, 4.69) is 22.1 Å². The van der Waals surface area contributed by atoms with Gasteiger partial charge in [0.1, 0.15) is 11.6 Å². The number of halogens is 1. The third-order valence-electron chi connectivity index (χ3n) is 6.51. The molecule has 4 aliphatic heterocycles. The van der Waals surface area contributed by atoms with Gasteiger partial charge < -0.3 is 19.0 Å². The Balaban J connectivity index is 0.00000150. The van der Waals surface area contributed by atoms with Crippen LogP contribution >= 0.6 is 12.4 Å². The molecule has 6 heterocycles. The number of nitrogens with zero attached hydrogens (tertiary/aromatic N) is 2. The van der Waals surface area contributed by atoms with Gasteiger partial charge in [0.05, 0.1) is 0 Å². The van der Waals surface area contributed by atoms with E-state index < -0.39 is 0 Å². The highest BCUT2D eigenvalue weighted by Crippen LogP contribution is 2.43. The van der Waals surface area contributed by atoms with Gasteiger partial charge >= 0.3 is 0 Å². The number of hydrogen-bond donors (Lipinski definition) is 1. The van der Waals surface area contributed by atoms with Gasteiger partial charge in [-0.3, -0.25) is 0 Å². The largest absolute Gasteiger partial charge is 0.438 e. The molecular formula is C20H24ClN3O2. The van der Waals surface area contributed by atoms with Crippen molar-refractivity contribution >= 4 is 34.4 Å². The molecule has 1 aromatic carbocycles. The lowest BCUT2D eigenvalue weighted by Crippen LogP contribution is -2.46. The van der Waals surface area contributed by atoms with E-state index in [1.54, 1.807) is 0 Å². The second kappa shape index (κ2) is 6.25.